The molecule has 8 nitrogen and oxygen atoms in total. The Kier molecular flexibility index (Phi) is 8.35. The summed E-state index contributed by atoms with van der Waals surface area (Å²) in [6, 6.07) is 21.5. The quantitative estimate of drug-likeness (QED) is 0.175. The number of carbonyl (C=O) groups excluding carboxylic acids is 3. The van der Waals surface area contributed by atoms with E-state index in [1.165, 1.54) is 7.11 Å². The molecule has 4 fully saturated rings. The fourth-order valence-electron chi connectivity index (χ4n) is 8.68. The lowest BCUT2D eigenvalue weighted by atomic mass is 9.51. The number of para-hydroxylation sites is 1. The molecule has 5 atom stereocenters. The molecule has 2 amide bonds. The number of halogens is 2. The van der Waals surface area contributed by atoms with Crippen LogP contribution in [0.2, 0.25) is 5.02 Å². The van der Waals surface area contributed by atoms with Gasteiger partial charge in [-0.1, -0.05) is 41.9 Å². The first-order chi connectivity index (χ1) is 22.7. The molecule has 3 aromatic carbocycles. The van der Waals surface area contributed by atoms with Crippen LogP contribution < -0.4 is 16.1 Å². The van der Waals surface area contributed by atoms with E-state index in [0.29, 0.717) is 44.9 Å². The fraction of sp³-hybridized carbons (Fsp3) is 0.351. The maximum atomic E-state index is 13.9. The van der Waals surface area contributed by atoms with Gasteiger partial charge in [0, 0.05) is 45.2 Å². The van der Waals surface area contributed by atoms with Crippen LogP contribution in [0.1, 0.15) is 64.1 Å². The summed E-state index contributed by atoms with van der Waals surface area (Å²) >= 11 is 12.1. The molecule has 4 aliphatic rings. The van der Waals surface area contributed by atoms with Crippen LogP contribution in [-0.4, -0.2) is 46.9 Å². The molecule has 4 saturated carbocycles. The molecule has 8 rings (SSSR count). The van der Waals surface area contributed by atoms with Gasteiger partial charge in [0.25, 0.3) is 5.91 Å². The number of fused-ring (bicyclic) bond motifs is 1. The molecule has 0 radical (unpaired) electrons. The minimum atomic E-state index is -0.640. The van der Waals surface area contributed by atoms with Gasteiger partial charge in [-0.2, -0.15) is 0 Å². The standard InChI is InChI=1S/C37H35Cl2N3O5/c1-47-36(46)33-29(34(44)28-12-11-26(39)16-30(28)42(33)27-5-3-2-4-6-27)15-21-7-9-23(10-8-21)35(45)40-32-24-13-22-14-25(32)19-37(17-22,18-24)41-31(43)20-38/h2-12,16,22,24-25,32H,13-15,17-20H2,1H3,(H,40,45)(H,41,43)/t22?,24-,25+,32?,37?. The van der Waals surface area contributed by atoms with Gasteiger partial charge in [0.15, 0.2) is 5.43 Å². The summed E-state index contributed by atoms with van der Waals surface area (Å²) < 4.78 is 6.92. The molecule has 3 unspecified atom stereocenters. The first-order valence-corrected chi connectivity index (χ1v) is 16.9. The molecular weight excluding hydrogens is 637 g/mol. The second-order valence-electron chi connectivity index (χ2n) is 13.3. The number of hydrogen-bond donors (Lipinski definition) is 2. The van der Waals surface area contributed by atoms with Crippen molar-refractivity contribution in [1.29, 1.82) is 0 Å². The van der Waals surface area contributed by atoms with Crippen molar-refractivity contribution in [3.05, 3.63) is 110 Å². The van der Waals surface area contributed by atoms with E-state index in [-0.39, 0.29) is 52.4 Å². The van der Waals surface area contributed by atoms with Gasteiger partial charge in [0.05, 0.1) is 12.6 Å². The van der Waals surface area contributed by atoms with Crippen molar-refractivity contribution in [3.8, 4) is 5.69 Å². The highest BCUT2D eigenvalue weighted by Gasteiger charge is 2.56. The first kappa shape index (κ1) is 31.5. The molecule has 4 bridgehead atoms. The highest BCUT2D eigenvalue weighted by atomic mass is 35.5. The van der Waals surface area contributed by atoms with Gasteiger partial charge in [-0.25, -0.2) is 4.79 Å². The van der Waals surface area contributed by atoms with Crippen molar-refractivity contribution in [2.75, 3.05) is 13.0 Å². The van der Waals surface area contributed by atoms with Crippen LogP contribution in [0.5, 0.6) is 0 Å². The van der Waals surface area contributed by atoms with E-state index in [0.717, 1.165) is 37.7 Å². The summed E-state index contributed by atoms with van der Waals surface area (Å²) in [7, 11) is 1.29. The third-order valence-electron chi connectivity index (χ3n) is 10.3. The Morgan fingerprint density at radius 2 is 1.66 bits per heavy atom. The van der Waals surface area contributed by atoms with Crippen LogP contribution in [0, 0.1) is 17.8 Å². The zero-order chi connectivity index (χ0) is 32.9. The largest absolute Gasteiger partial charge is 0.464 e. The maximum absolute atomic E-state index is 13.9. The summed E-state index contributed by atoms with van der Waals surface area (Å²) in [5.41, 5.74) is 2.40. The number of nitrogens with zero attached hydrogens (tertiary/aromatic N) is 1. The van der Waals surface area contributed by atoms with Crippen molar-refractivity contribution in [2.24, 2.45) is 17.8 Å². The molecule has 47 heavy (non-hydrogen) atoms. The van der Waals surface area contributed by atoms with Crippen LogP contribution >= 0.6 is 23.2 Å². The summed E-state index contributed by atoms with van der Waals surface area (Å²) in [4.78, 5) is 52.9. The summed E-state index contributed by atoms with van der Waals surface area (Å²) in [5.74, 6) is 0.235. The van der Waals surface area contributed by atoms with Crippen LogP contribution in [0.25, 0.3) is 16.6 Å². The Labute approximate surface area is 282 Å². The number of pyridine rings is 1. The van der Waals surface area contributed by atoms with E-state index in [4.69, 9.17) is 27.9 Å². The lowest BCUT2D eigenvalue weighted by Crippen LogP contribution is -2.66. The van der Waals surface area contributed by atoms with E-state index >= 15 is 0 Å². The van der Waals surface area contributed by atoms with Crippen LogP contribution in [0.3, 0.4) is 0 Å². The Balaban J connectivity index is 1.16. The number of aromatic nitrogens is 1. The topological polar surface area (TPSA) is 106 Å². The third-order valence-corrected chi connectivity index (χ3v) is 10.8. The average Bonchev–Trinajstić information content (AvgIpc) is 3.07. The number of hydrogen-bond acceptors (Lipinski definition) is 5. The molecule has 1 heterocycles. The highest BCUT2D eigenvalue weighted by molar-refractivity contribution is 6.31. The van der Waals surface area contributed by atoms with Gasteiger partial charge in [-0.05, 0) is 97.9 Å². The fourth-order valence-corrected chi connectivity index (χ4v) is 8.92. The average molecular weight is 673 g/mol. The number of nitrogens with one attached hydrogen (secondary N) is 2. The molecule has 0 aliphatic heterocycles. The maximum Gasteiger partial charge on any atom is 0.355 e. The van der Waals surface area contributed by atoms with Crippen LogP contribution in [-0.2, 0) is 16.0 Å². The van der Waals surface area contributed by atoms with E-state index < -0.39 is 5.97 Å². The van der Waals surface area contributed by atoms with Crippen molar-refractivity contribution in [2.45, 2.75) is 50.1 Å². The first-order valence-electron chi connectivity index (χ1n) is 16.0. The van der Waals surface area contributed by atoms with E-state index in [9.17, 15) is 19.2 Å². The normalized spacial score (nSPS) is 24.2. The lowest BCUT2D eigenvalue weighted by Gasteiger charge is -2.60. The predicted octanol–water partition coefficient (Wildman–Crippen LogP) is 6.05. The Morgan fingerprint density at radius 1 is 0.957 bits per heavy atom. The van der Waals surface area contributed by atoms with Gasteiger partial charge in [0.1, 0.15) is 11.6 Å². The van der Waals surface area contributed by atoms with Crippen molar-refractivity contribution >= 4 is 51.9 Å². The minimum Gasteiger partial charge on any atom is -0.464 e. The Hall–Kier alpha value is -4.14. The van der Waals surface area contributed by atoms with Crippen molar-refractivity contribution < 1.29 is 19.1 Å². The van der Waals surface area contributed by atoms with Gasteiger partial charge >= 0.3 is 5.97 Å². The van der Waals surface area contributed by atoms with Crippen molar-refractivity contribution in [1.82, 2.24) is 15.2 Å². The smallest absolute Gasteiger partial charge is 0.355 e. The number of rotatable bonds is 8. The third kappa shape index (κ3) is 5.82. The number of alkyl halides is 1. The molecule has 2 N–H and O–H groups in total. The van der Waals surface area contributed by atoms with E-state index in [1.807, 2.05) is 42.5 Å². The van der Waals surface area contributed by atoms with Gasteiger partial charge in [0.2, 0.25) is 5.91 Å². The number of esters is 1. The van der Waals surface area contributed by atoms with Gasteiger partial charge in [-0.3, -0.25) is 14.4 Å². The van der Waals surface area contributed by atoms with Crippen LogP contribution in [0.15, 0.2) is 77.6 Å². The molecule has 4 aromatic rings. The Morgan fingerprint density at radius 3 is 2.32 bits per heavy atom. The lowest BCUT2D eigenvalue weighted by molar-refractivity contribution is -0.125. The molecule has 10 heteroatoms. The summed E-state index contributed by atoms with van der Waals surface area (Å²) in [6.45, 7) is 0. The van der Waals surface area contributed by atoms with E-state index in [1.54, 1.807) is 34.9 Å². The zero-order valence-corrected chi connectivity index (χ0v) is 27.4. The molecule has 0 saturated heterocycles. The number of carbonyl (C=O) groups is 3. The second-order valence-corrected chi connectivity index (χ2v) is 14.0. The zero-order valence-electron chi connectivity index (χ0n) is 25.9. The molecule has 242 valence electrons. The number of ether oxygens (including phenoxy) is 1. The predicted molar refractivity (Wildman–Crippen MR) is 182 cm³/mol. The molecule has 4 aliphatic carbocycles. The van der Waals surface area contributed by atoms with Gasteiger partial charge < -0.3 is 19.9 Å². The minimum absolute atomic E-state index is 0.0409. The number of amides is 2. The Bertz CT molecular complexity index is 1930. The number of methoxy groups -OCH3 is 1. The second kappa shape index (κ2) is 12.5. The summed E-state index contributed by atoms with van der Waals surface area (Å²) in [6.07, 6.45) is 4.96. The summed E-state index contributed by atoms with van der Waals surface area (Å²) in [5, 5.41) is 7.39. The molecule has 0 spiro atoms. The van der Waals surface area contributed by atoms with Crippen LogP contribution in [0.4, 0.5) is 0 Å². The number of benzene rings is 3. The van der Waals surface area contributed by atoms with E-state index in [2.05, 4.69) is 10.6 Å². The molecular formula is C37H35Cl2N3O5. The van der Waals surface area contributed by atoms with Gasteiger partial charge in [-0.15, -0.1) is 11.6 Å². The monoisotopic (exact) mass is 671 g/mol. The van der Waals surface area contributed by atoms with Crippen molar-refractivity contribution in [3.63, 3.8) is 0 Å². The molecule has 1 aromatic heterocycles. The highest BCUT2D eigenvalue weighted by Crippen LogP contribution is 2.55. The SMILES string of the molecule is COC(=O)c1c(Cc2ccc(C(=O)NC3[C@@H]4CC5C[C@H]3CC(NC(=O)CCl)(C5)C4)cc2)c(=O)c2ccc(Cl)cc2n1-c1ccccc1.